The zero-order valence-electron chi connectivity index (χ0n) is 10.5. The summed E-state index contributed by atoms with van der Waals surface area (Å²) in [7, 11) is 1.72. The lowest BCUT2D eigenvalue weighted by Crippen LogP contribution is -2.33. The molecule has 1 heterocycles. The van der Waals surface area contributed by atoms with Gasteiger partial charge in [-0.15, -0.1) is 5.10 Å². The molecule has 1 aromatic carbocycles. The second-order valence-electron chi connectivity index (χ2n) is 4.66. The Morgan fingerprint density at radius 2 is 2.21 bits per heavy atom. The van der Waals surface area contributed by atoms with Crippen LogP contribution in [0.15, 0.2) is 18.2 Å². The average molecular weight is 280 g/mol. The van der Waals surface area contributed by atoms with Gasteiger partial charge < -0.3 is 10.5 Å². The topological polar surface area (TPSA) is 78.8 Å². The van der Waals surface area contributed by atoms with Crippen LogP contribution in [-0.4, -0.2) is 33.4 Å². The molecular weight excluding hydrogens is 266 g/mol. The molecule has 0 radical (unpaired) electrons. The predicted molar refractivity (Wildman–Crippen MR) is 71.7 cm³/mol. The fourth-order valence-electron chi connectivity index (χ4n) is 2.27. The highest BCUT2D eigenvalue weighted by atomic mass is 35.5. The number of halogens is 1. The third kappa shape index (κ3) is 2.17. The maximum absolute atomic E-state index is 6.01. The summed E-state index contributed by atoms with van der Waals surface area (Å²) in [6.45, 7) is 0. The van der Waals surface area contributed by atoms with Gasteiger partial charge in [0.25, 0.3) is 0 Å². The van der Waals surface area contributed by atoms with E-state index in [0.29, 0.717) is 22.6 Å². The molecule has 2 N–H and O–H groups in total. The van der Waals surface area contributed by atoms with Gasteiger partial charge in [-0.3, -0.25) is 0 Å². The molecule has 0 atom stereocenters. The number of hydrogen-bond donors (Lipinski definition) is 1. The molecule has 19 heavy (non-hydrogen) atoms. The van der Waals surface area contributed by atoms with Crippen LogP contribution in [-0.2, 0) is 4.74 Å². The van der Waals surface area contributed by atoms with Gasteiger partial charge in [-0.05, 0) is 41.5 Å². The largest absolute Gasteiger partial charge is 0.398 e. The summed E-state index contributed by atoms with van der Waals surface area (Å²) in [5.41, 5.74) is 7.35. The summed E-state index contributed by atoms with van der Waals surface area (Å²) in [4.78, 5) is 0. The fraction of sp³-hybridized carbons (Fsp3) is 0.417. The van der Waals surface area contributed by atoms with E-state index in [1.807, 2.05) is 0 Å². The number of nitrogens with zero attached hydrogens (tertiary/aromatic N) is 4. The van der Waals surface area contributed by atoms with Gasteiger partial charge in [-0.1, -0.05) is 11.6 Å². The van der Waals surface area contributed by atoms with Crippen molar-refractivity contribution < 1.29 is 4.74 Å². The zero-order valence-corrected chi connectivity index (χ0v) is 11.2. The zero-order chi connectivity index (χ0) is 13.4. The molecule has 1 aromatic heterocycles. The molecule has 3 rings (SSSR count). The van der Waals surface area contributed by atoms with E-state index in [0.717, 1.165) is 18.4 Å². The number of hydrogen-bond acceptors (Lipinski definition) is 5. The van der Waals surface area contributed by atoms with Crippen LogP contribution in [0.25, 0.3) is 11.4 Å². The quantitative estimate of drug-likeness (QED) is 0.869. The molecule has 0 unspecified atom stereocenters. The van der Waals surface area contributed by atoms with Crippen molar-refractivity contribution in [2.45, 2.75) is 25.0 Å². The molecule has 0 spiro atoms. The van der Waals surface area contributed by atoms with Crippen LogP contribution in [0.1, 0.15) is 18.9 Å². The molecule has 0 amide bonds. The molecule has 6 nitrogen and oxygen atoms in total. The van der Waals surface area contributed by atoms with Crippen LogP contribution in [0.5, 0.6) is 0 Å². The fourth-order valence-corrected chi connectivity index (χ4v) is 2.44. The lowest BCUT2D eigenvalue weighted by Gasteiger charge is -2.34. The highest BCUT2D eigenvalue weighted by Crippen LogP contribution is 2.37. The predicted octanol–water partition coefficient (Wildman–Crippen LogP) is 1.93. The Bertz CT molecular complexity index is 594. The van der Waals surface area contributed by atoms with Crippen molar-refractivity contribution in [2.75, 3.05) is 12.8 Å². The molecule has 1 aliphatic rings. The van der Waals surface area contributed by atoms with Crippen molar-refractivity contribution in [1.82, 2.24) is 20.2 Å². The minimum Gasteiger partial charge on any atom is -0.398 e. The molecule has 100 valence electrons. The molecule has 0 bridgehead atoms. The number of nitrogens with two attached hydrogens (primary N) is 1. The van der Waals surface area contributed by atoms with E-state index < -0.39 is 0 Å². The first-order valence-electron chi connectivity index (χ1n) is 6.05. The number of rotatable bonds is 3. The molecule has 1 saturated carbocycles. The van der Waals surface area contributed by atoms with E-state index in [1.54, 1.807) is 30.0 Å². The molecule has 0 saturated heterocycles. The van der Waals surface area contributed by atoms with Gasteiger partial charge in [0.1, 0.15) is 0 Å². The maximum atomic E-state index is 6.01. The van der Waals surface area contributed by atoms with Crippen molar-refractivity contribution in [3.63, 3.8) is 0 Å². The third-order valence-electron chi connectivity index (χ3n) is 3.50. The van der Waals surface area contributed by atoms with Gasteiger partial charge in [0.05, 0.1) is 12.1 Å². The molecule has 1 fully saturated rings. The summed E-state index contributed by atoms with van der Waals surface area (Å²) in [6, 6.07) is 5.55. The number of benzene rings is 1. The van der Waals surface area contributed by atoms with Crippen LogP contribution >= 0.6 is 11.6 Å². The van der Waals surface area contributed by atoms with Gasteiger partial charge in [0.15, 0.2) is 5.82 Å². The van der Waals surface area contributed by atoms with Gasteiger partial charge in [0.2, 0.25) is 0 Å². The monoisotopic (exact) mass is 279 g/mol. The number of tetrazole rings is 1. The molecule has 7 heteroatoms. The normalized spacial score (nSPS) is 22.2. The van der Waals surface area contributed by atoms with Crippen LogP contribution in [0.2, 0.25) is 5.02 Å². The first kappa shape index (κ1) is 12.4. The smallest absolute Gasteiger partial charge is 0.184 e. The SMILES string of the molecule is COC1CC(n2nnnc2-c2cc(Cl)ccc2N)C1. The summed E-state index contributed by atoms with van der Waals surface area (Å²) in [5.74, 6) is 0.652. The number of nitrogen functional groups attached to an aromatic ring is 1. The Morgan fingerprint density at radius 1 is 1.42 bits per heavy atom. The van der Waals surface area contributed by atoms with E-state index >= 15 is 0 Å². The second-order valence-corrected chi connectivity index (χ2v) is 5.10. The van der Waals surface area contributed by atoms with Crippen LogP contribution < -0.4 is 5.73 Å². The number of methoxy groups -OCH3 is 1. The maximum Gasteiger partial charge on any atom is 0.184 e. The Kier molecular flexibility index (Phi) is 3.12. The Labute approximate surface area is 115 Å². The highest BCUT2D eigenvalue weighted by molar-refractivity contribution is 6.31. The first-order valence-corrected chi connectivity index (χ1v) is 6.43. The van der Waals surface area contributed by atoms with E-state index in [-0.39, 0.29) is 6.04 Å². The van der Waals surface area contributed by atoms with E-state index in [4.69, 9.17) is 22.1 Å². The molecular formula is C12H14ClN5O. The molecule has 0 aliphatic heterocycles. The Hall–Kier alpha value is -1.66. The number of aromatic nitrogens is 4. The van der Waals surface area contributed by atoms with Gasteiger partial charge in [-0.25, -0.2) is 4.68 Å². The Balaban J connectivity index is 1.94. The summed E-state index contributed by atoms with van der Waals surface area (Å²) in [5, 5.41) is 12.5. The van der Waals surface area contributed by atoms with E-state index in [2.05, 4.69) is 15.5 Å². The Morgan fingerprint density at radius 3 is 2.95 bits per heavy atom. The van der Waals surface area contributed by atoms with Gasteiger partial charge >= 0.3 is 0 Å². The lowest BCUT2D eigenvalue weighted by molar-refractivity contribution is 0.00248. The van der Waals surface area contributed by atoms with Crippen LogP contribution in [0.3, 0.4) is 0 Å². The lowest BCUT2D eigenvalue weighted by atomic mass is 9.89. The number of ether oxygens (including phenoxy) is 1. The van der Waals surface area contributed by atoms with Crippen LogP contribution in [0, 0.1) is 0 Å². The van der Waals surface area contributed by atoms with E-state index in [9.17, 15) is 0 Å². The minimum atomic E-state index is 0.258. The van der Waals surface area contributed by atoms with Crippen molar-refractivity contribution in [1.29, 1.82) is 0 Å². The summed E-state index contributed by atoms with van der Waals surface area (Å²) < 4.78 is 7.08. The third-order valence-corrected chi connectivity index (χ3v) is 3.73. The van der Waals surface area contributed by atoms with E-state index in [1.165, 1.54) is 0 Å². The molecule has 1 aliphatic carbocycles. The first-order chi connectivity index (χ1) is 9.19. The molecule has 2 aromatic rings. The van der Waals surface area contributed by atoms with Crippen molar-refractivity contribution in [2.24, 2.45) is 0 Å². The van der Waals surface area contributed by atoms with Crippen molar-refractivity contribution >= 4 is 17.3 Å². The summed E-state index contributed by atoms with van der Waals surface area (Å²) in [6.07, 6.45) is 2.11. The standard InChI is InChI=1S/C12H14ClN5O/c1-19-9-5-8(6-9)18-12(15-16-17-18)10-4-7(13)2-3-11(10)14/h2-4,8-9H,5-6,14H2,1H3. The number of anilines is 1. The van der Waals surface area contributed by atoms with Gasteiger partial charge in [-0.2, -0.15) is 0 Å². The minimum absolute atomic E-state index is 0.258. The summed E-state index contributed by atoms with van der Waals surface area (Å²) >= 11 is 6.01. The van der Waals surface area contributed by atoms with Crippen molar-refractivity contribution in [3.05, 3.63) is 23.2 Å². The van der Waals surface area contributed by atoms with Crippen LogP contribution in [0.4, 0.5) is 5.69 Å². The average Bonchev–Trinajstić information content (AvgIpc) is 2.80. The van der Waals surface area contributed by atoms with Gasteiger partial charge in [0, 0.05) is 23.4 Å². The second kappa shape index (κ2) is 4.79. The van der Waals surface area contributed by atoms with Crippen molar-refractivity contribution in [3.8, 4) is 11.4 Å². The highest BCUT2D eigenvalue weighted by Gasteiger charge is 2.33.